The number of piperazine rings is 1. The van der Waals surface area contributed by atoms with Crippen LogP contribution in [-0.4, -0.2) is 94.7 Å². The van der Waals surface area contributed by atoms with Gasteiger partial charge in [-0.15, -0.1) is 11.3 Å². The zero-order valence-corrected chi connectivity index (χ0v) is 22.8. The van der Waals surface area contributed by atoms with Gasteiger partial charge in [-0.2, -0.15) is 0 Å². The number of phenolic OH excluding ortho intramolecular Hbond substituents is 2. The van der Waals surface area contributed by atoms with Crippen LogP contribution >= 0.6 is 11.3 Å². The Morgan fingerprint density at radius 2 is 1.85 bits per heavy atom. The van der Waals surface area contributed by atoms with Crippen LogP contribution in [0.4, 0.5) is 16.2 Å². The highest BCUT2D eigenvalue weighted by Gasteiger charge is 2.19. The monoisotopic (exact) mass is 553 g/mol. The normalized spacial score (nSPS) is 14.2. The highest BCUT2D eigenvalue weighted by atomic mass is 32.1. The first-order valence-electron chi connectivity index (χ1n) is 12.8. The third-order valence-electron chi connectivity index (χ3n) is 6.67. The van der Waals surface area contributed by atoms with Gasteiger partial charge in [0.1, 0.15) is 5.69 Å². The molecule has 1 saturated heterocycles. The molecule has 0 bridgehead atoms. The number of aromatic hydroxyl groups is 2. The molecule has 11 nitrogen and oxygen atoms in total. The number of hydrogen-bond acceptors (Lipinski definition) is 9. The Bertz CT molecular complexity index is 1260. The molecule has 2 aromatic heterocycles. The van der Waals surface area contributed by atoms with Crippen LogP contribution in [0, 0.1) is 0 Å². The van der Waals surface area contributed by atoms with Crippen molar-refractivity contribution < 1.29 is 19.8 Å². The van der Waals surface area contributed by atoms with Crippen molar-refractivity contribution >= 4 is 34.6 Å². The Balaban J connectivity index is 1.36. The zero-order chi connectivity index (χ0) is 27.8. The number of hydrogen-bond donors (Lipinski definition) is 5. The van der Waals surface area contributed by atoms with E-state index in [0.29, 0.717) is 37.4 Å². The number of benzene rings is 1. The second-order valence-electron chi connectivity index (χ2n) is 9.62. The average Bonchev–Trinajstić information content (AvgIpc) is 3.33. The van der Waals surface area contributed by atoms with E-state index in [2.05, 4.69) is 32.5 Å². The molecular weight excluding hydrogens is 518 g/mol. The van der Waals surface area contributed by atoms with Crippen LogP contribution in [0.5, 0.6) is 11.5 Å². The van der Waals surface area contributed by atoms with Gasteiger partial charge in [0.25, 0.3) is 5.91 Å². The SMILES string of the molecule is CN1CCN(CCN(Cc2ccc(C(=O)Nc3cscc3N)nc2)C(=O)NCCc2ccc(O)c(O)c2)CC1. The van der Waals surface area contributed by atoms with Gasteiger partial charge in [0, 0.05) is 69.3 Å². The third kappa shape index (κ3) is 8.06. The van der Waals surface area contributed by atoms with Crippen molar-refractivity contribution in [3.05, 3.63) is 64.1 Å². The standard InChI is InChI=1S/C27H35N7O4S/c1-32-8-10-33(11-9-32)12-13-34(27(38)29-7-6-19-3-5-24(35)25(36)14-19)16-20-2-4-22(30-15-20)26(37)31-23-18-39-17-21(23)28/h2-5,14-15,17-18,35-36H,6-13,16,28H2,1H3,(H,29,38)(H,31,37). The molecule has 0 saturated carbocycles. The number of likely N-dealkylation sites (N-methyl/N-ethyl adjacent to an activating group) is 1. The molecule has 6 N–H and O–H groups in total. The first kappa shape index (κ1) is 28.1. The van der Waals surface area contributed by atoms with Crippen LogP contribution in [0.1, 0.15) is 21.6 Å². The summed E-state index contributed by atoms with van der Waals surface area (Å²) in [7, 11) is 2.11. The number of pyridine rings is 1. The second kappa shape index (κ2) is 13.3. The van der Waals surface area contributed by atoms with Crippen molar-refractivity contribution in [1.29, 1.82) is 0 Å². The fourth-order valence-electron chi connectivity index (χ4n) is 4.20. The summed E-state index contributed by atoms with van der Waals surface area (Å²) in [6, 6.07) is 7.86. The predicted octanol–water partition coefficient (Wildman–Crippen LogP) is 2.39. The van der Waals surface area contributed by atoms with Crippen molar-refractivity contribution in [3.8, 4) is 11.5 Å². The quantitative estimate of drug-likeness (QED) is 0.241. The summed E-state index contributed by atoms with van der Waals surface area (Å²) in [5.41, 5.74) is 8.78. The molecule has 1 aliphatic heterocycles. The van der Waals surface area contributed by atoms with Crippen molar-refractivity contribution in [3.63, 3.8) is 0 Å². The summed E-state index contributed by atoms with van der Waals surface area (Å²) in [6.07, 6.45) is 2.12. The van der Waals surface area contributed by atoms with E-state index in [0.717, 1.165) is 43.9 Å². The number of rotatable bonds is 10. The number of carbonyl (C=O) groups is 2. The van der Waals surface area contributed by atoms with Gasteiger partial charge in [0.05, 0.1) is 11.4 Å². The van der Waals surface area contributed by atoms with Gasteiger partial charge in [0.2, 0.25) is 0 Å². The second-order valence-corrected chi connectivity index (χ2v) is 10.4. The Kier molecular flexibility index (Phi) is 9.58. The van der Waals surface area contributed by atoms with E-state index < -0.39 is 0 Å². The molecule has 1 aromatic carbocycles. The lowest BCUT2D eigenvalue weighted by atomic mass is 10.1. The van der Waals surface area contributed by atoms with E-state index in [4.69, 9.17) is 5.73 Å². The number of phenols is 2. The fourth-order valence-corrected chi connectivity index (χ4v) is 4.88. The van der Waals surface area contributed by atoms with E-state index in [1.807, 2.05) is 0 Å². The number of amides is 3. The number of thiophene rings is 1. The number of aromatic nitrogens is 1. The summed E-state index contributed by atoms with van der Waals surface area (Å²) < 4.78 is 0. The third-order valence-corrected chi connectivity index (χ3v) is 7.43. The minimum absolute atomic E-state index is 0.175. The maximum atomic E-state index is 13.2. The Hall–Kier alpha value is -3.87. The van der Waals surface area contributed by atoms with Crippen LogP contribution < -0.4 is 16.4 Å². The van der Waals surface area contributed by atoms with E-state index in [1.54, 1.807) is 40.1 Å². The maximum Gasteiger partial charge on any atom is 0.317 e. The molecule has 0 atom stereocenters. The molecule has 3 aromatic rings. The number of carbonyl (C=O) groups excluding carboxylic acids is 2. The van der Waals surface area contributed by atoms with Gasteiger partial charge in [-0.05, 0) is 42.8 Å². The first-order chi connectivity index (χ1) is 18.8. The summed E-state index contributed by atoms with van der Waals surface area (Å²) in [5.74, 6) is -0.710. The van der Waals surface area contributed by atoms with Crippen molar-refractivity contribution in [2.24, 2.45) is 0 Å². The van der Waals surface area contributed by atoms with Crippen LogP contribution in [0.3, 0.4) is 0 Å². The number of nitrogens with one attached hydrogen (secondary N) is 2. The molecule has 0 radical (unpaired) electrons. The summed E-state index contributed by atoms with van der Waals surface area (Å²) in [4.78, 5) is 36.4. The van der Waals surface area contributed by atoms with Gasteiger partial charge >= 0.3 is 6.03 Å². The van der Waals surface area contributed by atoms with Gasteiger partial charge in [0.15, 0.2) is 11.5 Å². The van der Waals surface area contributed by atoms with E-state index in [1.165, 1.54) is 23.5 Å². The molecule has 3 heterocycles. The van der Waals surface area contributed by atoms with E-state index in [-0.39, 0.29) is 29.1 Å². The maximum absolute atomic E-state index is 13.2. The Labute approximate surface area is 231 Å². The Morgan fingerprint density at radius 3 is 2.51 bits per heavy atom. The number of nitrogens with zero attached hydrogens (tertiary/aromatic N) is 4. The smallest absolute Gasteiger partial charge is 0.317 e. The van der Waals surface area contributed by atoms with Crippen LogP contribution in [0.2, 0.25) is 0 Å². The van der Waals surface area contributed by atoms with Gasteiger partial charge < -0.3 is 36.4 Å². The fraction of sp³-hybridized carbons (Fsp3) is 0.370. The molecule has 0 spiro atoms. The van der Waals surface area contributed by atoms with Gasteiger partial charge in [-0.1, -0.05) is 12.1 Å². The molecule has 1 aliphatic rings. The number of nitrogens with two attached hydrogens (primary N) is 1. The van der Waals surface area contributed by atoms with Gasteiger partial charge in [-0.25, -0.2) is 4.79 Å². The lowest BCUT2D eigenvalue weighted by molar-refractivity contribution is 0.102. The molecule has 12 heteroatoms. The lowest BCUT2D eigenvalue weighted by Crippen LogP contribution is -2.49. The van der Waals surface area contributed by atoms with Gasteiger partial charge in [-0.3, -0.25) is 14.7 Å². The molecule has 0 unspecified atom stereocenters. The van der Waals surface area contributed by atoms with Crippen molar-refractivity contribution in [2.75, 3.05) is 63.9 Å². The molecule has 208 valence electrons. The summed E-state index contributed by atoms with van der Waals surface area (Å²) in [5, 5.41) is 28.5. The van der Waals surface area contributed by atoms with E-state index in [9.17, 15) is 19.8 Å². The zero-order valence-electron chi connectivity index (χ0n) is 22.0. The molecule has 3 amide bonds. The highest BCUT2D eigenvalue weighted by molar-refractivity contribution is 7.09. The largest absolute Gasteiger partial charge is 0.504 e. The lowest BCUT2D eigenvalue weighted by Gasteiger charge is -2.34. The predicted molar refractivity (Wildman–Crippen MR) is 152 cm³/mol. The van der Waals surface area contributed by atoms with Crippen LogP contribution in [0.15, 0.2) is 47.3 Å². The van der Waals surface area contributed by atoms with Crippen molar-refractivity contribution in [2.45, 2.75) is 13.0 Å². The molecular formula is C27H35N7O4S. The Morgan fingerprint density at radius 1 is 1.08 bits per heavy atom. The van der Waals surface area contributed by atoms with Crippen molar-refractivity contribution in [1.82, 2.24) is 25.0 Å². The number of anilines is 2. The number of urea groups is 1. The molecule has 4 rings (SSSR count). The highest BCUT2D eigenvalue weighted by Crippen LogP contribution is 2.25. The minimum Gasteiger partial charge on any atom is -0.504 e. The summed E-state index contributed by atoms with van der Waals surface area (Å²) in [6.45, 7) is 5.90. The molecule has 1 fully saturated rings. The molecule has 39 heavy (non-hydrogen) atoms. The first-order valence-corrected chi connectivity index (χ1v) is 13.7. The summed E-state index contributed by atoms with van der Waals surface area (Å²) >= 11 is 1.41. The minimum atomic E-state index is -0.350. The van der Waals surface area contributed by atoms with Crippen LogP contribution in [0.25, 0.3) is 0 Å². The molecule has 0 aliphatic carbocycles. The van der Waals surface area contributed by atoms with E-state index >= 15 is 0 Å². The number of nitrogen functional groups attached to an aromatic ring is 1. The average molecular weight is 554 g/mol. The van der Waals surface area contributed by atoms with Crippen LogP contribution in [-0.2, 0) is 13.0 Å². The topological polar surface area (TPSA) is 147 Å².